The zero-order valence-corrected chi connectivity index (χ0v) is 7.77. The average Bonchev–Trinajstić information content (AvgIpc) is 2.59. The van der Waals surface area contributed by atoms with Crippen molar-refractivity contribution in [3.8, 4) is 0 Å². The number of morpholine rings is 1. The molecule has 0 aromatic carbocycles. The largest absolute Gasteiger partial charge is 0.375 e. The van der Waals surface area contributed by atoms with Gasteiger partial charge in [-0.25, -0.2) is 0 Å². The minimum absolute atomic E-state index is 0.383. The van der Waals surface area contributed by atoms with Crippen LogP contribution in [-0.4, -0.2) is 25.8 Å². The molecule has 0 bridgehead atoms. The lowest BCUT2D eigenvalue weighted by Gasteiger charge is -2.23. The quantitative estimate of drug-likeness (QED) is 0.745. The van der Waals surface area contributed by atoms with Crippen LogP contribution in [0.1, 0.15) is 5.56 Å². The topological polar surface area (TPSA) is 21.3 Å². The zero-order chi connectivity index (χ0) is 8.23. The van der Waals surface area contributed by atoms with Crippen LogP contribution in [0, 0.1) is 0 Å². The van der Waals surface area contributed by atoms with Crippen LogP contribution in [0.3, 0.4) is 0 Å². The van der Waals surface area contributed by atoms with Gasteiger partial charge in [0.1, 0.15) is 0 Å². The summed E-state index contributed by atoms with van der Waals surface area (Å²) in [5.41, 5.74) is 1.40. The number of nitrogens with one attached hydrogen (secondary N) is 1. The van der Waals surface area contributed by atoms with Crippen molar-refractivity contribution in [2.75, 3.05) is 19.7 Å². The van der Waals surface area contributed by atoms with E-state index < -0.39 is 0 Å². The Balaban J connectivity index is 1.86. The minimum Gasteiger partial charge on any atom is -0.375 e. The number of thiophene rings is 1. The lowest BCUT2D eigenvalue weighted by Crippen LogP contribution is -2.39. The van der Waals surface area contributed by atoms with Crippen molar-refractivity contribution < 1.29 is 4.74 Å². The Hall–Kier alpha value is -0.380. The van der Waals surface area contributed by atoms with Crippen molar-refractivity contribution in [3.63, 3.8) is 0 Å². The molecule has 1 atom stereocenters. The van der Waals surface area contributed by atoms with Gasteiger partial charge in [-0.15, -0.1) is 0 Å². The van der Waals surface area contributed by atoms with Crippen LogP contribution >= 0.6 is 11.3 Å². The summed E-state index contributed by atoms with van der Waals surface area (Å²) in [6, 6.07) is 2.17. The maximum absolute atomic E-state index is 5.59. The summed E-state index contributed by atoms with van der Waals surface area (Å²) in [5.74, 6) is 0. The summed E-state index contributed by atoms with van der Waals surface area (Å²) >= 11 is 1.75. The second-order valence-corrected chi connectivity index (χ2v) is 3.81. The van der Waals surface area contributed by atoms with Gasteiger partial charge in [0.25, 0.3) is 0 Å². The lowest BCUT2D eigenvalue weighted by atomic mass is 10.1. The summed E-state index contributed by atoms with van der Waals surface area (Å²) in [4.78, 5) is 0. The molecule has 66 valence electrons. The van der Waals surface area contributed by atoms with E-state index in [2.05, 4.69) is 22.1 Å². The molecule has 3 heteroatoms. The fourth-order valence-corrected chi connectivity index (χ4v) is 2.10. The normalized spacial score (nSPS) is 24.2. The van der Waals surface area contributed by atoms with Gasteiger partial charge in [0.15, 0.2) is 0 Å². The van der Waals surface area contributed by atoms with Crippen molar-refractivity contribution in [1.29, 1.82) is 0 Å². The smallest absolute Gasteiger partial charge is 0.0740 e. The summed E-state index contributed by atoms with van der Waals surface area (Å²) in [5, 5.41) is 7.63. The van der Waals surface area contributed by atoms with Gasteiger partial charge < -0.3 is 10.1 Å². The van der Waals surface area contributed by atoms with Gasteiger partial charge in [-0.2, -0.15) is 11.3 Å². The van der Waals surface area contributed by atoms with E-state index in [1.165, 1.54) is 5.56 Å². The highest BCUT2D eigenvalue weighted by atomic mass is 32.1. The Bertz CT molecular complexity index is 216. The molecule has 1 saturated heterocycles. The number of ether oxygens (including phenoxy) is 1. The van der Waals surface area contributed by atoms with Gasteiger partial charge in [-0.3, -0.25) is 0 Å². The molecule has 2 rings (SSSR count). The number of hydrogen-bond donors (Lipinski definition) is 1. The molecule has 0 spiro atoms. The molecule has 2 nitrogen and oxygen atoms in total. The molecule has 1 aromatic heterocycles. The van der Waals surface area contributed by atoms with E-state index in [1.807, 2.05) is 0 Å². The van der Waals surface area contributed by atoms with Gasteiger partial charge in [-0.1, -0.05) is 0 Å². The maximum atomic E-state index is 5.59. The second kappa shape index (κ2) is 4.03. The molecule has 2 heterocycles. The molecule has 1 aliphatic rings. The monoisotopic (exact) mass is 183 g/mol. The third kappa shape index (κ3) is 2.06. The fourth-order valence-electron chi connectivity index (χ4n) is 1.42. The highest BCUT2D eigenvalue weighted by molar-refractivity contribution is 7.07. The average molecular weight is 183 g/mol. The molecule has 0 amide bonds. The Labute approximate surface area is 76.6 Å². The van der Waals surface area contributed by atoms with E-state index in [9.17, 15) is 0 Å². The Morgan fingerprint density at radius 3 is 3.33 bits per heavy atom. The van der Waals surface area contributed by atoms with Crippen molar-refractivity contribution >= 4 is 11.3 Å². The first-order valence-electron chi connectivity index (χ1n) is 4.28. The molecule has 1 aliphatic heterocycles. The highest BCUT2D eigenvalue weighted by Gasteiger charge is 2.13. The Morgan fingerprint density at radius 2 is 2.67 bits per heavy atom. The Kier molecular flexibility index (Phi) is 2.76. The van der Waals surface area contributed by atoms with E-state index in [0.29, 0.717) is 6.10 Å². The molecule has 1 unspecified atom stereocenters. The molecule has 0 radical (unpaired) electrons. The fraction of sp³-hybridized carbons (Fsp3) is 0.556. The van der Waals surface area contributed by atoms with Gasteiger partial charge in [0, 0.05) is 19.5 Å². The van der Waals surface area contributed by atoms with E-state index >= 15 is 0 Å². The summed E-state index contributed by atoms with van der Waals surface area (Å²) in [7, 11) is 0. The third-order valence-corrected chi connectivity index (χ3v) is 2.78. The van der Waals surface area contributed by atoms with Crippen LogP contribution in [-0.2, 0) is 11.2 Å². The summed E-state index contributed by atoms with van der Waals surface area (Å²) < 4.78 is 5.59. The van der Waals surface area contributed by atoms with Crippen molar-refractivity contribution in [2.24, 2.45) is 0 Å². The standard InChI is InChI=1S/C9H13NOS/c1-4-12-7-8(1)5-9-6-10-2-3-11-9/h1,4,7,9-10H,2-3,5-6H2. The first-order chi connectivity index (χ1) is 5.95. The molecular formula is C9H13NOS. The van der Waals surface area contributed by atoms with Crippen molar-refractivity contribution in [2.45, 2.75) is 12.5 Å². The molecule has 0 saturated carbocycles. The van der Waals surface area contributed by atoms with Gasteiger partial charge in [-0.05, 0) is 22.4 Å². The molecule has 1 fully saturated rings. The molecule has 12 heavy (non-hydrogen) atoms. The van der Waals surface area contributed by atoms with Crippen LogP contribution in [0.25, 0.3) is 0 Å². The maximum Gasteiger partial charge on any atom is 0.0740 e. The molecule has 0 aliphatic carbocycles. The van der Waals surface area contributed by atoms with Crippen LogP contribution in [0.4, 0.5) is 0 Å². The third-order valence-electron chi connectivity index (χ3n) is 2.05. The SMILES string of the molecule is c1cc(CC2CNCCO2)cs1. The number of rotatable bonds is 2. The van der Waals surface area contributed by atoms with Crippen LogP contribution < -0.4 is 5.32 Å². The molecule has 1 aromatic rings. The van der Waals surface area contributed by atoms with Crippen molar-refractivity contribution in [3.05, 3.63) is 22.4 Å². The van der Waals surface area contributed by atoms with E-state index in [-0.39, 0.29) is 0 Å². The molecular weight excluding hydrogens is 170 g/mol. The van der Waals surface area contributed by atoms with Crippen LogP contribution in [0.15, 0.2) is 16.8 Å². The van der Waals surface area contributed by atoms with Crippen LogP contribution in [0.5, 0.6) is 0 Å². The van der Waals surface area contributed by atoms with E-state index in [4.69, 9.17) is 4.74 Å². The van der Waals surface area contributed by atoms with Gasteiger partial charge in [0.2, 0.25) is 0 Å². The predicted molar refractivity (Wildman–Crippen MR) is 50.6 cm³/mol. The van der Waals surface area contributed by atoms with Gasteiger partial charge in [0.05, 0.1) is 12.7 Å². The lowest BCUT2D eigenvalue weighted by molar-refractivity contribution is 0.0293. The predicted octanol–water partition coefficient (Wildman–Crippen LogP) is 1.28. The summed E-state index contributed by atoms with van der Waals surface area (Å²) in [6.07, 6.45) is 1.43. The minimum atomic E-state index is 0.383. The first-order valence-corrected chi connectivity index (χ1v) is 5.23. The second-order valence-electron chi connectivity index (χ2n) is 3.03. The number of hydrogen-bond acceptors (Lipinski definition) is 3. The molecule has 1 N–H and O–H groups in total. The van der Waals surface area contributed by atoms with Crippen LogP contribution in [0.2, 0.25) is 0 Å². The highest BCUT2D eigenvalue weighted by Crippen LogP contribution is 2.11. The van der Waals surface area contributed by atoms with Crippen molar-refractivity contribution in [1.82, 2.24) is 5.32 Å². The zero-order valence-electron chi connectivity index (χ0n) is 6.95. The van der Waals surface area contributed by atoms with Gasteiger partial charge >= 0.3 is 0 Å². The first kappa shape index (κ1) is 8.23. The summed E-state index contributed by atoms with van der Waals surface area (Å²) in [6.45, 7) is 2.85. The van der Waals surface area contributed by atoms with E-state index in [0.717, 1.165) is 26.1 Å². The van der Waals surface area contributed by atoms with E-state index in [1.54, 1.807) is 11.3 Å². The Morgan fingerprint density at radius 1 is 1.67 bits per heavy atom.